The van der Waals surface area contributed by atoms with Crippen LogP contribution in [0.5, 0.6) is 0 Å². The van der Waals surface area contributed by atoms with Gasteiger partial charge in [0.1, 0.15) is 0 Å². The molecule has 2 atom stereocenters. The highest BCUT2D eigenvalue weighted by Gasteiger charge is 2.20. The second-order valence-corrected chi connectivity index (χ2v) is 5.55. The van der Waals surface area contributed by atoms with Gasteiger partial charge in [-0.3, -0.25) is 0 Å². The van der Waals surface area contributed by atoms with E-state index >= 15 is 0 Å². The summed E-state index contributed by atoms with van der Waals surface area (Å²) in [6.07, 6.45) is 2.09. The Balaban J connectivity index is 0.00000180. The van der Waals surface area contributed by atoms with Crippen molar-refractivity contribution in [3.05, 3.63) is 29.8 Å². The zero-order chi connectivity index (χ0) is 13.1. The van der Waals surface area contributed by atoms with E-state index in [4.69, 9.17) is 5.73 Å². The molecule has 1 heterocycles. The summed E-state index contributed by atoms with van der Waals surface area (Å²) in [5, 5.41) is 9.99. The van der Waals surface area contributed by atoms with Gasteiger partial charge < -0.3 is 15.7 Å². The van der Waals surface area contributed by atoms with Crippen LogP contribution in [0.4, 0.5) is 5.69 Å². The highest BCUT2D eigenvalue weighted by Crippen LogP contribution is 2.24. The lowest BCUT2D eigenvalue weighted by Crippen LogP contribution is -2.30. The van der Waals surface area contributed by atoms with E-state index in [0.717, 1.165) is 18.7 Å². The number of halogens is 1. The molecule has 1 fully saturated rings. The van der Waals surface area contributed by atoms with Crippen LogP contribution in [0.2, 0.25) is 0 Å². The van der Waals surface area contributed by atoms with Crippen molar-refractivity contribution in [3.8, 4) is 0 Å². The van der Waals surface area contributed by atoms with Crippen molar-refractivity contribution < 1.29 is 5.11 Å². The van der Waals surface area contributed by atoms with E-state index in [9.17, 15) is 5.11 Å². The molecule has 3 nitrogen and oxygen atoms in total. The van der Waals surface area contributed by atoms with Crippen LogP contribution in [0.25, 0.3) is 0 Å². The zero-order valence-electron chi connectivity index (χ0n) is 11.7. The molecule has 0 aromatic heterocycles. The van der Waals surface area contributed by atoms with Crippen molar-refractivity contribution in [2.24, 2.45) is 11.7 Å². The molecular formula is C15H25ClN2O. The van der Waals surface area contributed by atoms with Crippen molar-refractivity contribution in [2.45, 2.75) is 38.8 Å². The standard InChI is InChI=1S/C15H24N2O.ClH/c1-11(2)15(18)14(16)12-5-7-13(8-6-12)17-9-3-4-10-17;/h5-8,11,14-15,18H,3-4,9-10,16H2,1-2H3;1H/t14-,15+;/m0./s1. The van der Waals surface area contributed by atoms with E-state index in [1.54, 1.807) is 0 Å². The third-order valence-electron chi connectivity index (χ3n) is 3.80. The number of nitrogens with two attached hydrogens (primary N) is 1. The molecule has 1 aliphatic heterocycles. The van der Waals surface area contributed by atoms with E-state index in [0.29, 0.717) is 0 Å². The topological polar surface area (TPSA) is 49.5 Å². The molecule has 3 N–H and O–H groups in total. The molecule has 1 aromatic rings. The van der Waals surface area contributed by atoms with Gasteiger partial charge in [0.15, 0.2) is 0 Å². The maximum Gasteiger partial charge on any atom is 0.0755 e. The van der Waals surface area contributed by atoms with Gasteiger partial charge >= 0.3 is 0 Å². The molecule has 19 heavy (non-hydrogen) atoms. The van der Waals surface area contributed by atoms with Gasteiger partial charge in [0.2, 0.25) is 0 Å². The fourth-order valence-electron chi connectivity index (χ4n) is 2.49. The number of hydrogen-bond donors (Lipinski definition) is 2. The molecule has 1 aromatic carbocycles. The summed E-state index contributed by atoms with van der Waals surface area (Å²) in [5.74, 6) is 0.179. The first-order chi connectivity index (χ1) is 8.59. The summed E-state index contributed by atoms with van der Waals surface area (Å²) >= 11 is 0. The molecule has 0 spiro atoms. The Morgan fingerprint density at radius 3 is 2.11 bits per heavy atom. The van der Waals surface area contributed by atoms with Gasteiger partial charge in [-0.25, -0.2) is 0 Å². The Morgan fingerprint density at radius 1 is 1.11 bits per heavy atom. The van der Waals surface area contributed by atoms with Gasteiger partial charge in [-0.2, -0.15) is 0 Å². The molecule has 0 radical (unpaired) electrons. The minimum Gasteiger partial charge on any atom is -0.391 e. The first-order valence-corrected chi connectivity index (χ1v) is 6.88. The third-order valence-corrected chi connectivity index (χ3v) is 3.80. The van der Waals surface area contributed by atoms with Crippen LogP contribution in [-0.2, 0) is 0 Å². The second kappa shape index (κ2) is 7.13. The molecular weight excluding hydrogens is 260 g/mol. The van der Waals surface area contributed by atoms with E-state index in [2.05, 4.69) is 17.0 Å². The zero-order valence-corrected chi connectivity index (χ0v) is 12.6. The SMILES string of the molecule is CC(C)[C@@H](O)[C@@H](N)c1ccc(N2CCCC2)cc1.Cl. The van der Waals surface area contributed by atoms with Crippen molar-refractivity contribution in [1.29, 1.82) is 0 Å². The first-order valence-electron chi connectivity index (χ1n) is 6.88. The highest BCUT2D eigenvalue weighted by atomic mass is 35.5. The Morgan fingerprint density at radius 2 is 1.63 bits per heavy atom. The lowest BCUT2D eigenvalue weighted by Gasteiger charge is -2.23. The predicted octanol–water partition coefficient (Wildman–Crippen LogP) is 2.73. The Labute approximate surface area is 122 Å². The smallest absolute Gasteiger partial charge is 0.0755 e. The van der Waals surface area contributed by atoms with Gasteiger partial charge in [0.25, 0.3) is 0 Å². The number of nitrogens with zero attached hydrogens (tertiary/aromatic N) is 1. The van der Waals surface area contributed by atoms with Gasteiger partial charge in [0.05, 0.1) is 12.1 Å². The molecule has 0 aliphatic carbocycles. The Hall–Kier alpha value is -0.770. The maximum atomic E-state index is 9.99. The van der Waals surface area contributed by atoms with Crippen LogP contribution >= 0.6 is 12.4 Å². The molecule has 0 amide bonds. The average molecular weight is 285 g/mol. The minimum absolute atomic E-state index is 0. The number of benzene rings is 1. The fraction of sp³-hybridized carbons (Fsp3) is 0.600. The quantitative estimate of drug-likeness (QED) is 0.894. The monoisotopic (exact) mass is 284 g/mol. The Bertz CT molecular complexity index is 374. The summed E-state index contributed by atoms with van der Waals surface area (Å²) in [7, 11) is 0. The number of anilines is 1. The van der Waals surface area contributed by atoms with Gasteiger partial charge in [0, 0.05) is 18.8 Å². The summed E-state index contributed by atoms with van der Waals surface area (Å²) < 4.78 is 0. The number of hydrogen-bond acceptors (Lipinski definition) is 3. The predicted molar refractivity (Wildman–Crippen MR) is 82.9 cm³/mol. The normalized spacial score (nSPS) is 18.3. The number of rotatable bonds is 4. The van der Waals surface area contributed by atoms with E-state index in [-0.39, 0.29) is 24.4 Å². The van der Waals surface area contributed by atoms with Crippen LogP contribution in [0.3, 0.4) is 0 Å². The van der Waals surface area contributed by atoms with Gasteiger partial charge in [-0.05, 0) is 36.5 Å². The molecule has 0 unspecified atom stereocenters. The molecule has 0 saturated carbocycles. The lowest BCUT2D eigenvalue weighted by atomic mass is 9.94. The minimum atomic E-state index is -0.484. The highest BCUT2D eigenvalue weighted by molar-refractivity contribution is 5.85. The maximum absolute atomic E-state index is 9.99. The van der Waals surface area contributed by atoms with Gasteiger partial charge in [-0.15, -0.1) is 12.4 Å². The summed E-state index contributed by atoms with van der Waals surface area (Å²) in [5.41, 5.74) is 8.36. The lowest BCUT2D eigenvalue weighted by molar-refractivity contribution is 0.0979. The molecule has 4 heteroatoms. The number of aliphatic hydroxyl groups excluding tert-OH is 1. The molecule has 1 aliphatic rings. The van der Waals surface area contributed by atoms with Crippen molar-refractivity contribution in [3.63, 3.8) is 0 Å². The van der Waals surface area contributed by atoms with Gasteiger partial charge in [-0.1, -0.05) is 26.0 Å². The van der Waals surface area contributed by atoms with E-state index < -0.39 is 6.10 Å². The van der Waals surface area contributed by atoms with Crippen molar-refractivity contribution >= 4 is 18.1 Å². The van der Waals surface area contributed by atoms with Crippen LogP contribution in [-0.4, -0.2) is 24.3 Å². The molecule has 0 bridgehead atoms. The van der Waals surface area contributed by atoms with Crippen LogP contribution in [0.1, 0.15) is 38.3 Å². The van der Waals surface area contributed by atoms with Crippen LogP contribution in [0.15, 0.2) is 24.3 Å². The van der Waals surface area contributed by atoms with E-state index in [1.807, 2.05) is 26.0 Å². The Kier molecular flexibility index (Phi) is 6.11. The first kappa shape index (κ1) is 16.3. The van der Waals surface area contributed by atoms with Crippen LogP contribution in [0, 0.1) is 5.92 Å². The number of aliphatic hydroxyl groups is 1. The second-order valence-electron chi connectivity index (χ2n) is 5.55. The summed E-state index contributed by atoms with van der Waals surface area (Å²) in [6, 6.07) is 8.03. The summed E-state index contributed by atoms with van der Waals surface area (Å²) in [4.78, 5) is 2.40. The van der Waals surface area contributed by atoms with Crippen LogP contribution < -0.4 is 10.6 Å². The molecule has 2 rings (SSSR count). The van der Waals surface area contributed by atoms with E-state index in [1.165, 1.54) is 18.5 Å². The molecule has 1 saturated heterocycles. The third kappa shape index (κ3) is 3.85. The summed E-state index contributed by atoms with van der Waals surface area (Å²) in [6.45, 7) is 6.28. The molecule has 108 valence electrons. The fourth-order valence-corrected chi connectivity index (χ4v) is 2.49. The van der Waals surface area contributed by atoms with Crippen molar-refractivity contribution in [2.75, 3.05) is 18.0 Å². The largest absolute Gasteiger partial charge is 0.391 e. The van der Waals surface area contributed by atoms with Crippen molar-refractivity contribution in [1.82, 2.24) is 0 Å². The average Bonchev–Trinajstić information content (AvgIpc) is 2.91.